The minimum atomic E-state index is 0. The van der Waals surface area contributed by atoms with Crippen LogP contribution in [0.5, 0.6) is 0 Å². The quantitative estimate of drug-likeness (QED) is 0.154. The number of para-hydroxylation sites is 1. The molecule has 0 amide bonds. The Labute approximate surface area is 504 Å². The number of aromatic nitrogens is 6. The summed E-state index contributed by atoms with van der Waals surface area (Å²) in [5.41, 5.74) is 17.0. The van der Waals surface area contributed by atoms with Crippen molar-refractivity contribution in [3.05, 3.63) is 279 Å². The molecule has 0 aliphatic rings. The van der Waals surface area contributed by atoms with Crippen molar-refractivity contribution in [3.63, 3.8) is 0 Å². The van der Waals surface area contributed by atoms with Crippen LogP contribution in [-0.2, 0) is 40.2 Å². The summed E-state index contributed by atoms with van der Waals surface area (Å²) in [7, 11) is 2.00. The van der Waals surface area contributed by atoms with Crippen LogP contribution < -0.4 is 0 Å². The summed E-state index contributed by atoms with van der Waals surface area (Å²) in [6, 6.07) is 84.0. The molecule has 0 bridgehead atoms. The third-order valence-electron chi connectivity index (χ3n) is 12.5. The largest absolute Gasteiger partial charge is 0.486 e. The maximum absolute atomic E-state index is 7.00. The molecular weight excluding hydrogens is 1370 g/mol. The second-order valence-corrected chi connectivity index (χ2v) is 17.7. The molecule has 2 N–H and O–H groups in total. The Bertz CT molecular complexity index is 3850. The molecule has 14 aromatic rings. The summed E-state index contributed by atoms with van der Waals surface area (Å²) in [4.78, 5) is 26.6. The number of aliphatic hydroxyl groups is 2. The molecule has 0 aliphatic carbocycles. The van der Waals surface area contributed by atoms with E-state index in [2.05, 4.69) is 109 Å². The molecule has 0 aliphatic heterocycles. The van der Waals surface area contributed by atoms with Crippen LogP contribution in [-0.4, -0.2) is 54.3 Å². The number of hydrogen-bond donors (Lipinski definition) is 2. The Kier molecular flexibility index (Phi) is 22.6. The predicted molar refractivity (Wildman–Crippen MR) is 322 cm³/mol. The van der Waals surface area contributed by atoms with Gasteiger partial charge in [-0.1, -0.05) is 114 Å². The van der Waals surface area contributed by atoms with E-state index in [0.717, 1.165) is 120 Å². The zero-order chi connectivity index (χ0) is 55.5. The smallest absolute Gasteiger partial charge is 0.227 e. The molecule has 8 heterocycles. The SMILES string of the molecule is CO.CO.Cc1ccc2c(n1)oc1c(-c3cc(-c4ccccc4)ccn3)[c-]ccc12.Cc1ccc2c(n1)oc1c(-c3cc(-c4ccccc4)ccn3)cccc12.[Ir].[Ir].[c-]1ccccc1-c1ccccn1.[c-]1ccccc1-c1ccccn1. The van der Waals surface area contributed by atoms with Gasteiger partial charge in [-0.2, -0.15) is 0 Å². The first-order valence-electron chi connectivity index (χ1n) is 25.7. The van der Waals surface area contributed by atoms with E-state index < -0.39 is 0 Å². The number of rotatable bonds is 6. The summed E-state index contributed by atoms with van der Waals surface area (Å²) >= 11 is 0. The van der Waals surface area contributed by atoms with Crippen molar-refractivity contribution in [1.82, 2.24) is 29.9 Å². The van der Waals surface area contributed by atoms with Gasteiger partial charge < -0.3 is 34.0 Å². The van der Waals surface area contributed by atoms with Gasteiger partial charge in [-0.25, -0.2) is 9.97 Å². The number of furan rings is 2. The Morgan fingerprint density at radius 1 is 0.341 bits per heavy atom. The number of aryl methyl sites for hydroxylation is 2. The van der Waals surface area contributed by atoms with Crippen molar-refractivity contribution in [1.29, 1.82) is 0 Å². The average molecular weight is 1430 g/mol. The molecule has 2 radical (unpaired) electrons. The fraction of sp³-hybridized carbons (Fsp3) is 0.0571. The third kappa shape index (κ3) is 14.9. The molecule has 8 aromatic heterocycles. The molecule has 0 spiro atoms. The number of fused-ring (bicyclic) bond motifs is 6. The number of benzene rings is 6. The van der Waals surface area contributed by atoms with Crippen LogP contribution in [0.25, 0.3) is 111 Å². The topological polar surface area (TPSA) is 144 Å². The van der Waals surface area contributed by atoms with Crippen molar-refractivity contribution in [2.75, 3.05) is 14.2 Å². The monoisotopic (exact) mass is 1430 g/mol. The number of pyridine rings is 6. The molecule has 10 nitrogen and oxygen atoms in total. The molecule has 14 rings (SSSR count). The van der Waals surface area contributed by atoms with Crippen molar-refractivity contribution in [2.24, 2.45) is 0 Å². The Morgan fingerprint density at radius 2 is 0.805 bits per heavy atom. The number of aliphatic hydroxyl groups excluding tert-OH is 2. The minimum Gasteiger partial charge on any atom is -0.486 e. The van der Waals surface area contributed by atoms with E-state index in [1.165, 1.54) is 5.56 Å². The maximum Gasteiger partial charge on any atom is 0.227 e. The first kappa shape index (κ1) is 60.7. The molecule has 0 fully saturated rings. The van der Waals surface area contributed by atoms with Crippen molar-refractivity contribution < 1.29 is 59.3 Å². The van der Waals surface area contributed by atoms with Crippen LogP contribution in [0.3, 0.4) is 0 Å². The molecule has 0 unspecified atom stereocenters. The van der Waals surface area contributed by atoms with E-state index in [9.17, 15) is 0 Å². The zero-order valence-corrected chi connectivity index (χ0v) is 50.0. The third-order valence-corrected chi connectivity index (χ3v) is 12.5. The molecule has 12 heteroatoms. The first-order valence-corrected chi connectivity index (χ1v) is 25.7. The second kappa shape index (κ2) is 30.6. The summed E-state index contributed by atoms with van der Waals surface area (Å²) in [6.07, 6.45) is 7.25. The molecule has 0 atom stereocenters. The fourth-order valence-electron chi connectivity index (χ4n) is 8.79. The summed E-state index contributed by atoms with van der Waals surface area (Å²) in [6.45, 7) is 3.93. The molecule has 82 heavy (non-hydrogen) atoms. The van der Waals surface area contributed by atoms with E-state index >= 15 is 0 Å². The number of hydrogen-bond acceptors (Lipinski definition) is 10. The van der Waals surface area contributed by atoms with Crippen LogP contribution in [0.2, 0.25) is 0 Å². The van der Waals surface area contributed by atoms with E-state index in [1.807, 2.05) is 190 Å². The van der Waals surface area contributed by atoms with Crippen LogP contribution in [0.4, 0.5) is 0 Å². The summed E-state index contributed by atoms with van der Waals surface area (Å²) < 4.78 is 12.2. The molecule has 0 saturated heterocycles. The fourth-order valence-corrected chi connectivity index (χ4v) is 8.79. The average Bonchev–Trinajstić information content (AvgIpc) is 4.32. The molecule has 0 saturated carbocycles. The summed E-state index contributed by atoms with van der Waals surface area (Å²) in [5, 5.41) is 18.1. The maximum atomic E-state index is 7.00. The van der Waals surface area contributed by atoms with E-state index in [4.69, 9.17) is 19.0 Å². The van der Waals surface area contributed by atoms with Gasteiger partial charge in [-0.15, -0.1) is 90.0 Å². The van der Waals surface area contributed by atoms with Gasteiger partial charge in [0.25, 0.3) is 0 Å². The van der Waals surface area contributed by atoms with Gasteiger partial charge in [-0.3, -0.25) is 4.98 Å². The number of nitrogens with zero attached hydrogens (tertiary/aromatic N) is 6. The first-order chi connectivity index (χ1) is 39.5. The summed E-state index contributed by atoms with van der Waals surface area (Å²) in [5.74, 6) is 0. The molecular formula is C70H55Ir2N6O4-3. The normalized spacial score (nSPS) is 10.1. The van der Waals surface area contributed by atoms with Crippen molar-refractivity contribution >= 4 is 44.1 Å². The van der Waals surface area contributed by atoms with Gasteiger partial charge in [0.05, 0.1) is 11.3 Å². The standard InChI is InChI=1S/C23H16N2O.C23H15N2O.2C11H8N.2CH4O.2Ir/c2*1-15-10-11-19-18-8-5-9-20(22(18)26-23(19)25-15)21-14-17(12-13-24-21)16-6-3-2-4-7-16;2*1-2-6-10(7-3-1)11-8-4-5-9-12-11;2*1-2;;/h2-14H,1H3;2-8,10-14H,1H3;2*1-6,8-9H;2*2H,1H3;;/q;3*-1;;;;. The minimum absolute atomic E-state index is 0. The van der Waals surface area contributed by atoms with Gasteiger partial charge in [0.2, 0.25) is 11.4 Å². The van der Waals surface area contributed by atoms with Crippen molar-refractivity contribution in [3.8, 4) is 67.3 Å². The van der Waals surface area contributed by atoms with Crippen molar-refractivity contribution in [2.45, 2.75) is 13.8 Å². The molecule has 410 valence electrons. The van der Waals surface area contributed by atoms with Gasteiger partial charge in [0, 0.05) is 112 Å². The van der Waals surface area contributed by atoms with E-state index in [1.54, 1.807) is 12.4 Å². The van der Waals surface area contributed by atoms with Gasteiger partial charge in [0.1, 0.15) is 5.58 Å². The van der Waals surface area contributed by atoms with E-state index in [0.29, 0.717) is 11.4 Å². The van der Waals surface area contributed by atoms with Crippen LogP contribution in [0, 0.1) is 32.0 Å². The van der Waals surface area contributed by atoms with E-state index in [-0.39, 0.29) is 40.2 Å². The van der Waals surface area contributed by atoms with Crippen LogP contribution >= 0.6 is 0 Å². The van der Waals surface area contributed by atoms with Crippen LogP contribution in [0.15, 0.2) is 258 Å². The van der Waals surface area contributed by atoms with Gasteiger partial charge >= 0.3 is 0 Å². The predicted octanol–water partition coefficient (Wildman–Crippen LogP) is 16.1. The van der Waals surface area contributed by atoms with Gasteiger partial charge in [-0.05, 0) is 114 Å². The van der Waals surface area contributed by atoms with Crippen LogP contribution in [0.1, 0.15) is 11.4 Å². The van der Waals surface area contributed by atoms with Gasteiger partial charge in [0.15, 0.2) is 0 Å². The Morgan fingerprint density at radius 3 is 1.30 bits per heavy atom. The second-order valence-electron chi connectivity index (χ2n) is 17.7. The molecule has 6 aromatic carbocycles. The zero-order valence-electron chi connectivity index (χ0n) is 45.2. The Hall–Kier alpha value is -8.96. The Balaban J connectivity index is 0.000000161.